The van der Waals surface area contributed by atoms with Crippen molar-refractivity contribution in [2.24, 2.45) is 0 Å². The van der Waals surface area contributed by atoms with Crippen molar-refractivity contribution in [3.8, 4) is 11.3 Å². The van der Waals surface area contributed by atoms with E-state index in [1.165, 1.54) is 54.4 Å². The van der Waals surface area contributed by atoms with Crippen molar-refractivity contribution in [3.63, 3.8) is 0 Å². The summed E-state index contributed by atoms with van der Waals surface area (Å²) in [6, 6.07) is 15.3. The molecule has 27 heavy (non-hydrogen) atoms. The Hall–Kier alpha value is -2.39. The molecule has 1 heterocycles. The van der Waals surface area contributed by atoms with Crippen molar-refractivity contribution < 1.29 is 0 Å². The predicted molar refractivity (Wildman–Crippen MR) is 111 cm³/mol. The molecule has 1 saturated carbocycles. The molecule has 138 valence electrons. The van der Waals surface area contributed by atoms with E-state index in [0.29, 0.717) is 6.04 Å². The monoisotopic (exact) mass is 358 g/mol. The molecule has 0 saturated heterocycles. The lowest BCUT2D eigenvalue weighted by molar-refractivity contribution is 0.184. The van der Waals surface area contributed by atoms with Crippen LogP contribution in [0, 0.1) is 0 Å². The molecule has 3 nitrogen and oxygen atoms in total. The highest BCUT2D eigenvalue weighted by Gasteiger charge is 2.26. The number of hydrogen-bond donors (Lipinski definition) is 1. The van der Waals surface area contributed by atoms with Gasteiger partial charge in [-0.15, -0.1) is 0 Å². The first kappa shape index (κ1) is 16.8. The summed E-state index contributed by atoms with van der Waals surface area (Å²) in [5, 5.41) is 1.89. The van der Waals surface area contributed by atoms with Gasteiger partial charge in [-0.1, -0.05) is 55.7 Å². The summed E-state index contributed by atoms with van der Waals surface area (Å²) >= 11 is 0. The van der Waals surface area contributed by atoms with Crippen LogP contribution in [0.25, 0.3) is 22.0 Å². The number of benzene rings is 2. The number of pyridine rings is 1. The van der Waals surface area contributed by atoms with Crippen molar-refractivity contribution in [1.82, 2.24) is 9.88 Å². The zero-order valence-electron chi connectivity index (χ0n) is 15.9. The zero-order valence-corrected chi connectivity index (χ0v) is 15.9. The van der Waals surface area contributed by atoms with E-state index in [4.69, 9.17) is 0 Å². The van der Waals surface area contributed by atoms with Gasteiger partial charge in [0.25, 0.3) is 5.56 Å². The number of hydrogen-bond acceptors (Lipinski definition) is 2. The van der Waals surface area contributed by atoms with Crippen LogP contribution in [0.5, 0.6) is 0 Å². The lowest BCUT2D eigenvalue weighted by atomic mass is 9.93. The van der Waals surface area contributed by atoms with Gasteiger partial charge in [0.05, 0.1) is 5.69 Å². The summed E-state index contributed by atoms with van der Waals surface area (Å²) in [5.41, 5.74) is 6.32. The van der Waals surface area contributed by atoms with Crippen LogP contribution in [0.4, 0.5) is 0 Å². The maximum Gasteiger partial charge on any atom is 0.256 e. The second-order valence-corrected chi connectivity index (χ2v) is 8.18. The van der Waals surface area contributed by atoms with Gasteiger partial charge in [0.1, 0.15) is 0 Å². The van der Waals surface area contributed by atoms with Crippen molar-refractivity contribution in [1.29, 1.82) is 0 Å². The van der Waals surface area contributed by atoms with Crippen LogP contribution in [0.15, 0.2) is 47.3 Å². The van der Waals surface area contributed by atoms with Gasteiger partial charge in [-0.2, -0.15) is 0 Å². The third-order valence-corrected chi connectivity index (χ3v) is 6.55. The molecular weight excluding hydrogens is 332 g/mol. The third-order valence-electron chi connectivity index (χ3n) is 6.55. The lowest BCUT2D eigenvalue weighted by Crippen LogP contribution is -2.33. The van der Waals surface area contributed by atoms with E-state index < -0.39 is 0 Å². The van der Waals surface area contributed by atoms with Gasteiger partial charge in [0, 0.05) is 30.0 Å². The molecule has 0 bridgehead atoms. The Morgan fingerprint density at radius 1 is 0.963 bits per heavy atom. The average Bonchev–Trinajstić information content (AvgIpc) is 3.09. The topological polar surface area (TPSA) is 36.1 Å². The molecule has 2 aliphatic rings. The molecule has 3 aromatic rings. The summed E-state index contributed by atoms with van der Waals surface area (Å²) in [5.74, 6) is 0. The molecule has 1 aromatic heterocycles. The molecule has 0 aliphatic heterocycles. The average molecular weight is 358 g/mol. The number of H-pyrrole nitrogens is 1. The van der Waals surface area contributed by atoms with Crippen LogP contribution in [0.1, 0.15) is 48.8 Å². The third kappa shape index (κ3) is 2.81. The molecule has 0 radical (unpaired) electrons. The van der Waals surface area contributed by atoms with Crippen molar-refractivity contribution in [2.45, 2.75) is 51.1 Å². The van der Waals surface area contributed by atoms with Gasteiger partial charge in [-0.05, 0) is 48.0 Å². The molecule has 2 aromatic carbocycles. The largest absolute Gasteiger partial charge is 0.321 e. The molecule has 5 rings (SSSR count). The van der Waals surface area contributed by atoms with Gasteiger partial charge in [0.2, 0.25) is 0 Å². The first-order valence-electron chi connectivity index (χ1n) is 10.2. The first-order chi connectivity index (χ1) is 13.2. The molecule has 1 N–H and O–H groups in total. The number of aromatic nitrogens is 1. The van der Waals surface area contributed by atoms with E-state index in [-0.39, 0.29) is 5.56 Å². The molecule has 0 atom stereocenters. The van der Waals surface area contributed by atoms with Gasteiger partial charge in [0.15, 0.2) is 0 Å². The van der Waals surface area contributed by atoms with Gasteiger partial charge < -0.3 is 4.98 Å². The van der Waals surface area contributed by atoms with Gasteiger partial charge in [-0.3, -0.25) is 9.69 Å². The fraction of sp³-hybridized carbons (Fsp3) is 0.375. The lowest BCUT2D eigenvalue weighted by Gasteiger charge is -2.31. The molecule has 0 unspecified atom stereocenters. The predicted octanol–water partition coefficient (Wildman–Crippen LogP) is 4.86. The highest BCUT2D eigenvalue weighted by atomic mass is 16.1. The molecular formula is C24H26N2O. The maximum atomic E-state index is 12.6. The van der Waals surface area contributed by atoms with Gasteiger partial charge in [-0.25, -0.2) is 0 Å². The summed E-state index contributed by atoms with van der Waals surface area (Å²) in [7, 11) is 2.27. The Morgan fingerprint density at radius 3 is 2.56 bits per heavy atom. The number of nitrogens with one attached hydrogen (secondary N) is 1. The quantitative estimate of drug-likeness (QED) is 0.567. The van der Waals surface area contributed by atoms with E-state index in [9.17, 15) is 4.79 Å². The van der Waals surface area contributed by atoms with Gasteiger partial charge >= 0.3 is 0 Å². The van der Waals surface area contributed by atoms with E-state index >= 15 is 0 Å². The molecule has 3 heteroatoms. The van der Waals surface area contributed by atoms with E-state index in [0.717, 1.165) is 29.4 Å². The Bertz CT molecular complexity index is 1060. The zero-order chi connectivity index (χ0) is 18.4. The summed E-state index contributed by atoms with van der Waals surface area (Å²) in [6.45, 7) is 0.990. The summed E-state index contributed by atoms with van der Waals surface area (Å²) < 4.78 is 0. The van der Waals surface area contributed by atoms with E-state index in [1.807, 2.05) is 18.2 Å². The fourth-order valence-electron chi connectivity index (χ4n) is 5.07. The molecule has 2 aliphatic carbocycles. The number of rotatable bonds is 3. The van der Waals surface area contributed by atoms with Crippen molar-refractivity contribution >= 4 is 10.8 Å². The van der Waals surface area contributed by atoms with Crippen molar-refractivity contribution in [3.05, 3.63) is 69.5 Å². The van der Waals surface area contributed by atoms with Crippen LogP contribution < -0.4 is 5.56 Å². The molecule has 1 fully saturated rings. The minimum atomic E-state index is 0.0157. The minimum Gasteiger partial charge on any atom is -0.321 e. The second-order valence-electron chi connectivity index (χ2n) is 8.18. The normalized spacial score (nSPS) is 16.7. The highest BCUT2D eigenvalue weighted by Crippen LogP contribution is 2.39. The Balaban J connectivity index is 1.54. The number of fused-ring (bicyclic) bond motifs is 5. The van der Waals surface area contributed by atoms with Crippen LogP contribution in [-0.4, -0.2) is 23.0 Å². The van der Waals surface area contributed by atoms with Crippen LogP contribution >= 0.6 is 0 Å². The smallest absolute Gasteiger partial charge is 0.256 e. The summed E-state index contributed by atoms with van der Waals surface area (Å²) in [6.07, 6.45) is 7.67. The SMILES string of the molecule is CN(Cc1cccc2c1Cc1c-2[nH]c(=O)c2ccccc12)C1CCCCC1. The van der Waals surface area contributed by atoms with Crippen LogP contribution in [0.2, 0.25) is 0 Å². The van der Waals surface area contributed by atoms with Crippen LogP contribution in [0.3, 0.4) is 0 Å². The molecule has 0 spiro atoms. The summed E-state index contributed by atoms with van der Waals surface area (Å²) in [4.78, 5) is 18.3. The highest BCUT2D eigenvalue weighted by molar-refractivity contribution is 5.93. The Labute approximate surface area is 160 Å². The first-order valence-corrected chi connectivity index (χ1v) is 10.2. The number of aromatic amines is 1. The fourth-order valence-corrected chi connectivity index (χ4v) is 5.07. The van der Waals surface area contributed by atoms with E-state index in [1.54, 1.807) is 0 Å². The number of nitrogens with zero attached hydrogens (tertiary/aromatic N) is 1. The van der Waals surface area contributed by atoms with Crippen LogP contribution in [-0.2, 0) is 13.0 Å². The molecule has 0 amide bonds. The Morgan fingerprint density at radius 2 is 1.74 bits per heavy atom. The van der Waals surface area contributed by atoms with Crippen molar-refractivity contribution in [2.75, 3.05) is 7.05 Å². The second kappa shape index (κ2) is 6.65. The minimum absolute atomic E-state index is 0.0157. The maximum absolute atomic E-state index is 12.6. The Kier molecular flexibility index (Phi) is 4.13. The standard InChI is InChI=1S/C24H26N2O/c1-26(17-9-3-2-4-10-17)15-16-8-7-13-19-21(16)14-22-18-11-5-6-12-20(18)24(27)25-23(19)22/h5-8,11-13,17H,2-4,9-10,14-15H2,1H3,(H,25,27). The van der Waals surface area contributed by atoms with E-state index in [2.05, 4.69) is 41.2 Å².